The van der Waals surface area contributed by atoms with E-state index in [4.69, 9.17) is 14.2 Å². The Morgan fingerprint density at radius 1 is 0.273 bits per heavy atom. The first-order valence-electron chi connectivity index (χ1n) is 32.4. The molecule has 6 heteroatoms. The maximum Gasteiger partial charge on any atom is 0.306 e. The number of rotatable bonds is 58. The summed E-state index contributed by atoms with van der Waals surface area (Å²) in [5.41, 5.74) is 0. The predicted octanol–water partition coefficient (Wildman–Crippen LogP) is 22.2. The van der Waals surface area contributed by atoms with Gasteiger partial charge in [-0.2, -0.15) is 0 Å². The van der Waals surface area contributed by atoms with Crippen molar-refractivity contribution in [3.8, 4) is 0 Å². The van der Waals surface area contributed by atoms with Gasteiger partial charge in [-0.05, 0) is 122 Å². The monoisotopic (exact) mass is 1070 g/mol. The molecule has 77 heavy (non-hydrogen) atoms. The van der Waals surface area contributed by atoms with Gasteiger partial charge in [-0.25, -0.2) is 0 Å². The van der Waals surface area contributed by atoms with Crippen LogP contribution in [0.5, 0.6) is 0 Å². The highest BCUT2D eigenvalue weighted by Crippen LogP contribution is 2.16. The summed E-state index contributed by atoms with van der Waals surface area (Å²) in [6, 6.07) is 0. The number of unbranched alkanes of at least 4 members (excludes halogenated alkanes) is 29. The van der Waals surface area contributed by atoms with Gasteiger partial charge in [0, 0.05) is 19.3 Å². The molecule has 6 nitrogen and oxygen atoms in total. The topological polar surface area (TPSA) is 78.9 Å². The minimum atomic E-state index is -0.792. The fourth-order valence-corrected chi connectivity index (χ4v) is 8.95. The third-order valence-electron chi connectivity index (χ3n) is 13.7. The maximum atomic E-state index is 12.9. The lowest BCUT2D eigenvalue weighted by Crippen LogP contribution is -2.30. The third-order valence-corrected chi connectivity index (χ3v) is 13.7. The van der Waals surface area contributed by atoms with Crippen LogP contribution in [-0.2, 0) is 28.6 Å². The lowest BCUT2D eigenvalue weighted by Gasteiger charge is -2.18. The minimum Gasteiger partial charge on any atom is -0.462 e. The smallest absolute Gasteiger partial charge is 0.306 e. The van der Waals surface area contributed by atoms with Crippen LogP contribution in [0.15, 0.2) is 109 Å². The highest BCUT2D eigenvalue weighted by molar-refractivity contribution is 5.71. The van der Waals surface area contributed by atoms with Crippen molar-refractivity contribution >= 4 is 17.9 Å². The molecule has 0 saturated heterocycles. The highest BCUT2D eigenvalue weighted by atomic mass is 16.6. The molecule has 0 aromatic rings. The molecule has 0 radical (unpaired) electrons. The highest BCUT2D eigenvalue weighted by Gasteiger charge is 2.19. The molecule has 0 N–H and O–H groups in total. The van der Waals surface area contributed by atoms with E-state index < -0.39 is 6.10 Å². The quantitative estimate of drug-likeness (QED) is 0.0261. The van der Waals surface area contributed by atoms with Crippen LogP contribution in [0.4, 0.5) is 0 Å². The second kappa shape index (κ2) is 64.6. The summed E-state index contributed by atoms with van der Waals surface area (Å²) in [6.07, 6.45) is 88.1. The Morgan fingerprint density at radius 2 is 0.506 bits per heavy atom. The van der Waals surface area contributed by atoms with E-state index in [1.54, 1.807) is 0 Å². The van der Waals surface area contributed by atoms with Gasteiger partial charge >= 0.3 is 17.9 Å². The van der Waals surface area contributed by atoms with Gasteiger partial charge in [-0.1, -0.05) is 271 Å². The van der Waals surface area contributed by atoms with E-state index >= 15 is 0 Å². The standard InChI is InChI=1S/C71H120O6/c1-4-7-10-13-16-19-22-25-28-30-31-32-33-34-35-36-37-38-39-41-43-46-49-52-55-58-61-64-70(73)76-67-68(66-75-69(72)63-60-57-54-51-48-45-42-27-24-21-18-15-12-9-6-3)77-71(74)65-62-59-56-53-50-47-44-40-29-26-23-20-17-14-11-8-5-2/h7,9-10,12,16-21,25-29,31-32,42,68H,4-6,8,11,13-15,22-24,30,33-41,43-67H2,1-3H3/b10-7-,12-9-,19-16-,20-17-,21-18-,28-25-,29-26-,32-31-,42-27-. The number of allylic oxidation sites excluding steroid dienone is 18. The molecule has 1 unspecified atom stereocenters. The van der Waals surface area contributed by atoms with Gasteiger partial charge in [0.25, 0.3) is 0 Å². The lowest BCUT2D eigenvalue weighted by molar-refractivity contribution is -0.167. The zero-order valence-electron chi connectivity index (χ0n) is 50.4. The molecule has 0 heterocycles. The number of carbonyl (C=O) groups is 3. The summed E-state index contributed by atoms with van der Waals surface area (Å²) in [7, 11) is 0. The van der Waals surface area contributed by atoms with Crippen molar-refractivity contribution in [1.29, 1.82) is 0 Å². The Hall–Kier alpha value is -3.93. The average molecular weight is 1070 g/mol. The van der Waals surface area contributed by atoms with E-state index in [-0.39, 0.29) is 31.1 Å². The van der Waals surface area contributed by atoms with Crippen LogP contribution in [-0.4, -0.2) is 37.2 Å². The number of hydrogen-bond acceptors (Lipinski definition) is 6. The van der Waals surface area contributed by atoms with E-state index in [1.807, 2.05) is 0 Å². The first-order chi connectivity index (χ1) is 38.0. The number of carbonyl (C=O) groups excluding carboxylic acids is 3. The van der Waals surface area contributed by atoms with Gasteiger partial charge in [0.05, 0.1) is 0 Å². The Labute approximate surface area is 476 Å². The second-order valence-electron chi connectivity index (χ2n) is 21.3. The zero-order chi connectivity index (χ0) is 55.7. The average Bonchev–Trinajstić information content (AvgIpc) is 3.43. The number of ether oxygens (including phenoxy) is 3. The molecule has 0 bridgehead atoms. The Bertz CT molecular complexity index is 1560. The lowest BCUT2D eigenvalue weighted by atomic mass is 10.0. The van der Waals surface area contributed by atoms with Crippen molar-refractivity contribution in [3.05, 3.63) is 109 Å². The van der Waals surface area contributed by atoms with E-state index in [0.717, 1.165) is 135 Å². The Balaban J connectivity index is 4.32. The molecule has 0 aromatic carbocycles. The van der Waals surface area contributed by atoms with Crippen LogP contribution >= 0.6 is 0 Å². The molecule has 0 spiro atoms. The summed E-state index contributed by atoms with van der Waals surface area (Å²) in [4.78, 5) is 38.3. The van der Waals surface area contributed by atoms with E-state index in [2.05, 4.69) is 130 Å². The summed E-state index contributed by atoms with van der Waals surface area (Å²) >= 11 is 0. The minimum absolute atomic E-state index is 0.0868. The molecular weight excluding hydrogens is 949 g/mol. The van der Waals surface area contributed by atoms with Crippen LogP contribution in [0.1, 0.15) is 303 Å². The van der Waals surface area contributed by atoms with Crippen LogP contribution in [0, 0.1) is 0 Å². The van der Waals surface area contributed by atoms with Crippen molar-refractivity contribution in [3.63, 3.8) is 0 Å². The molecule has 0 amide bonds. The van der Waals surface area contributed by atoms with Gasteiger partial charge < -0.3 is 14.2 Å². The predicted molar refractivity (Wildman–Crippen MR) is 334 cm³/mol. The van der Waals surface area contributed by atoms with Crippen molar-refractivity contribution in [1.82, 2.24) is 0 Å². The SMILES string of the molecule is CC/C=C\C/C=C\C/C=C\C/C=C\CCCCCCCCCCCCCCCCC(=O)OCC(COC(=O)CCCCCCC/C=C\C/C=C\C/C=C\CC)OC(=O)CCCCCCCCC/C=C\C/C=C\CCCCC. The van der Waals surface area contributed by atoms with Gasteiger partial charge in [-0.3, -0.25) is 14.4 Å². The second-order valence-corrected chi connectivity index (χ2v) is 21.3. The normalized spacial score (nSPS) is 12.8. The fourth-order valence-electron chi connectivity index (χ4n) is 8.95. The molecule has 440 valence electrons. The Morgan fingerprint density at radius 3 is 0.792 bits per heavy atom. The van der Waals surface area contributed by atoms with Crippen LogP contribution < -0.4 is 0 Å². The molecule has 0 aromatic heterocycles. The fraction of sp³-hybridized carbons (Fsp3) is 0.704. The van der Waals surface area contributed by atoms with Crippen molar-refractivity contribution in [2.45, 2.75) is 309 Å². The number of esters is 3. The summed E-state index contributed by atoms with van der Waals surface area (Å²) in [5, 5.41) is 0. The van der Waals surface area contributed by atoms with Crippen LogP contribution in [0.2, 0.25) is 0 Å². The zero-order valence-corrected chi connectivity index (χ0v) is 50.4. The van der Waals surface area contributed by atoms with Crippen molar-refractivity contribution in [2.24, 2.45) is 0 Å². The molecule has 1 atom stereocenters. The van der Waals surface area contributed by atoms with E-state index in [9.17, 15) is 14.4 Å². The first-order valence-corrected chi connectivity index (χ1v) is 32.4. The van der Waals surface area contributed by atoms with Crippen molar-refractivity contribution < 1.29 is 28.6 Å². The van der Waals surface area contributed by atoms with Gasteiger partial charge in [0.1, 0.15) is 13.2 Å². The first kappa shape index (κ1) is 73.1. The summed E-state index contributed by atoms with van der Waals surface area (Å²) in [5.74, 6) is -0.904. The number of hydrogen-bond donors (Lipinski definition) is 0. The van der Waals surface area contributed by atoms with Crippen molar-refractivity contribution in [2.75, 3.05) is 13.2 Å². The largest absolute Gasteiger partial charge is 0.462 e. The van der Waals surface area contributed by atoms with Gasteiger partial charge in [0.15, 0.2) is 6.10 Å². The Kier molecular flexibility index (Phi) is 61.3. The molecule has 0 aliphatic carbocycles. The van der Waals surface area contributed by atoms with Crippen LogP contribution in [0.3, 0.4) is 0 Å². The molecule has 0 aliphatic heterocycles. The van der Waals surface area contributed by atoms with Crippen LogP contribution in [0.25, 0.3) is 0 Å². The molecule has 0 aliphatic rings. The van der Waals surface area contributed by atoms with E-state index in [1.165, 1.54) is 128 Å². The third kappa shape index (κ3) is 62.8. The molecule has 0 rings (SSSR count). The van der Waals surface area contributed by atoms with E-state index in [0.29, 0.717) is 19.3 Å². The maximum absolute atomic E-state index is 12.9. The summed E-state index contributed by atoms with van der Waals surface area (Å²) in [6.45, 7) is 6.39. The van der Waals surface area contributed by atoms with Gasteiger partial charge in [-0.15, -0.1) is 0 Å². The molecule has 0 fully saturated rings. The molecular formula is C71H120O6. The summed E-state index contributed by atoms with van der Waals surface area (Å²) < 4.78 is 16.9. The van der Waals surface area contributed by atoms with Gasteiger partial charge in [0.2, 0.25) is 0 Å². The molecule has 0 saturated carbocycles.